The third kappa shape index (κ3) is 5.33. The van der Waals surface area contributed by atoms with Gasteiger partial charge < -0.3 is 25.1 Å². The number of nitrogens with zero attached hydrogens (tertiary/aromatic N) is 1. The topological polar surface area (TPSA) is 131 Å². The van der Waals surface area contributed by atoms with Crippen LogP contribution >= 0.6 is 7.75 Å². The van der Waals surface area contributed by atoms with Crippen molar-refractivity contribution in [2.45, 2.75) is 25.4 Å². The number of hydrogen-bond acceptors (Lipinski definition) is 4. The zero-order valence-corrected chi connectivity index (χ0v) is 13.1. The Morgan fingerprint density at radius 3 is 2.61 bits per heavy atom. The first-order valence-corrected chi connectivity index (χ1v) is 8.52. The van der Waals surface area contributed by atoms with Crippen molar-refractivity contribution in [3.05, 3.63) is 53.3 Å². The van der Waals surface area contributed by atoms with Crippen LogP contribution < -0.4 is 0 Å². The molecule has 8 heteroatoms. The Bertz CT molecular complexity index is 718. The third-order valence-electron chi connectivity index (χ3n) is 3.36. The summed E-state index contributed by atoms with van der Waals surface area (Å²) in [5.41, 5.74) is 1.07. The van der Waals surface area contributed by atoms with Crippen LogP contribution in [0.25, 0.3) is 0 Å². The lowest BCUT2D eigenvalue weighted by Gasteiger charge is -2.20. The Hall–Kier alpha value is -1.92. The number of aliphatic hydroxyl groups excluding tert-OH is 2. The fourth-order valence-electron chi connectivity index (χ4n) is 2.34. The summed E-state index contributed by atoms with van der Waals surface area (Å²) in [5, 5.41) is 29.2. The summed E-state index contributed by atoms with van der Waals surface area (Å²) in [7, 11) is -4.66. The van der Waals surface area contributed by atoms with Crippen LogP contribution in [0.2, 0.25) is 0 Å². The monoisotopic (exact) mass is 339 g/mol. The van der Waals surface area contributed by atoms with Crippen LogP contribution in [0.4, 0.5) is 0 Å². The molecule has 5 N–H and O–H groups in total. The number of benzene rings is 1. The second-order valence-electron chi connectivity index (χ2n) is 5.24. The van der Waals surface area contributed by atoms with E-state index in [1.54, 1.807) is 24.3 Å². The molecule has 1 aromatic carbocycles. The standard InChI is InChI=1S/C15H18NO6P/c17-11-3-1-2-10(8-11)4-7-15(19)13-6-5-12(18)9-14(13)16-23(20,21)22/h1-3,5-6,8,15,17-19H,4,7,9H2,(H2,20,21,22). The van der Waals surface area contributed by atoms with Crippen molar-refractivity contribution in [2.24, 2.45) is 4.76 Å². The SMILES string of the molecule is O=P(O)(O)N=C1CC(O)=CC=C1C(O)CCc1cccc(O)c1. The van der Waals surface area contributed by atoms with Gasteiger partial charge in [0.15, 0.2) is 0 Å². The molecular weight excluding hydrogens is 321 g/mol. The van der Waals surface area contributed by atoms with Crippen molar-refractivity contribution in [1.29, 1.82) is 0 Å². The lowest BCUT2D eigenvalue weighted by Crippen LogP contribution is -2.21. The second kappa shape index (κ2) is 7.10. The van der Waals surface area contributed by atoms with Gasteiger partial charge in [0.1, 0.15) is 5.75 Å². The number of aryl methyl sites for hydroxylation is 1. The van der Waals surface area contributed by atoms with Gasteiger partial charge in [-0.1, -0.05) is 18.2 Å². The molecule has 124 valence electrons. The van der Waals surface area contributed by atoms with E-state index in [9.17, 15) is 19.9 Å². The number of phenols is 1. The van der Waals surface area contributed by atoms with Gasteiger partial charge in [-0.25, -0.2) is 4.57 Å². The summed E-state index contributed by atoms with van der Waals surface area (Å²) < 4.78 is 14.4. The quantitative estimate of drug-likeness (QED) is 0.522. The normalized spacial score (nSPS) is 18.5. The zero-order chi connectivity index (χ0) is 17.0. The number of rotatable bonds is 5. The van der Waals surface area contributed by atoms with Crippen LogP contribution in [0.1, 0.15) is 18.4 Å². The van der Waals surface area contributed by atoms with Gasteiger partial charge in [0.05, 0.1) is 17.6 Å². The van der Waals surface area contributed by atoms with Crippen LogP contribution in [-0.2, 0) is 11.0 Å². The molecule has 1 aromatic rings. The highest BCUT2D eigenvalue weighted by Crippen LogP contribution is 2.38. The van der Waals surface area contributed by atoms with Gasteiger partial charge in [-0.2, -0.15) is 4.76 Å². The lowest BCUT2D eigenvalue weighted by atomic mass is 9.93. The first kappa shape index (κ1) is 17.4. The predicted molar refractivity (Wildman–Crippen MR) is 85.3 cm³/mol. The van der Waals surface area contributed by atoms with Crippen molar-refractivity contribution in [1.82, 2.24) is 0 Å². The van der Waals surface area contributed by atoms with Gasteiger partial charge in [-0.05, 0) is 36.6 Å². The van der Waals surface area contributed by atoms with E-state index in [1.165, 1.54) is 12.2 Å². The Kier molecular flexibility index (Phi) is 5.38. The molecule has 7 nitrogen and oxygen atoms in total. The second-order valence-corrected chi connectivity index (χ2v) is 6.47. The molecule has 0 spiro atoms. The molecule has 1 aliphatic rings. The van der Waals surface area contributed by atoms with E-state index in [0.29, 0.717) is 6.42 Å². The largest absolute Gasteiger partial charge is 0.512 e. The highest BCUT2D eigenvalue weighted by Gasteiger charge is 2.24. The Balaban J connectivity index is 2.14. The van der Waals surface area contributed by atoms with E-state index in [-0.39, 0.29) is 35.6 Å². The first-order valence-electron chi connectivity index (χ1n) is 6.95. The van der Waals surface area contributed by atoms with E-state index >= 15 is 0 Å². The van der Waals surface area contributed by atoms with Gasteiger partial charge in [-0.15, -0.1) is 0 Å². The van der Waals surface area contributed by atoms with Crippen LogP contribution in [-0.4, -0.2) is 36.9 Å². The van der Waals surface area contributed by atoms with E-state index in [0.717, 1.165) is 5.56 Å². The maximum atomic E-state index is 11.1. The highest BCUT2D eigenvalue weighted by atomic mass is 31.2. The molecular formula is C15H18NO6P. The maximum absolute atomic E-state index is 11.1. The van der Waals surface area contributed by atoms with Crippen molar-refractivity contribution in [3.63, 3.8) is 0 Å². The molecule has 0 saturated carbocycles. The fraction of sp³-hybridized carbons (Fsp3) is 0.267. The van der Waals surface area contributed by atoms with Crippen molar-refractivity contribution < 1.29 is 29.7 Å². The summed E-state index contributed by atoms with van der Waals surface area (Å²) in [5.74, 6) is 0.0478. The number of aliphatic hydroxyl groups is 2. The summed E-state index contributed by atoms with van der Waals surface area (Å²) in [6.45, 7) is 0. The van der Waals surface area contributed by atoms with Crippen LogP contribution in [0, 0.1) is 0 Å². The highest BCUT2D eigenvalue weighted by molar-refractivity contribution is 7.50. The van der Waals surface area contributed by atoms with Gasteiger partial charge in [-0.3, -0.25) is 0 Å². The average molecular weight is 339 g/mol. The summed E-state index contributed by atoms with van der Waals surface area (Å²) in [4.78, 5) is 18.0. The average Bonchev–Trinajstić information content (AvgIpc) is 2.43. The van der Waals surface area contributed by atoms with E-state index in [4.69, 9.17) is 9.79 Å². The lowest BCUT2D eigenvalue weighted by molar-refractivity contribution is 0.206. The molecule has 0 aromatic heterocycles. The van der Waals surface area contributed by atoms with Crippen molar-refractivity contribution in [2.75, 3.05) is 0 Å². The van der Waals surface area contributed by atoms with Gasteiger partial charge in [0.25, 0.3) is 0 Å². The van der Waals surface area contributed by atoms with E-state index in [2.05, 4.69) is 4.76 Å². The molecule has 1 aliphatic carbocycles. The molecule has 0 amide bonds. The van der Waals surface area contributed by atoms with Crippen LogP contribution in [0.15, 0.2) is 52.5 Å². The van der Waals surface area contributed by atoms with E-state index in [1.807, 2.05) is 0 Å². The first-order chi connectivity index (χ1) is 10.7. The Morgan fingerprint density at radius 1 is 1.22 bits per heavy atom. The minimum absolute atomic E-state index is 0.0262. The number of allylic oxidation sites excluding steroid dienone is 3. The predicted octanol–water partition coefficient (Wildman–Crippen LogP) is 1.99. The van der Waals surface area contributed by atoms with Gasteiger partial charge in [0.2, 0.25) is 0 Å². The molecule has 1 unspecified atom stereocenters. The number of phenolic OH excluding ortho intramolecular Hbond substituents is 1. The van der Waals surface area contributed by atoms with Gasteiger partial charge in [0, 0.05) is 12.0 Å². The molecule has 0 radical (unpaired) electrons. The summed E-state index contributed by atoms with van der Waals surface area (Å²) in [6, 6.07) is 6.62. The zero-order valence-electron chi connectivity index (χ0n) is 12.2. The summed E-state index contributed by atoms with van der Waals surface area (Å²) >= 11 is 0. The number of aromatic hydroxyl groups is 1. The Labute approximate surface area is 133 Å². The molecule has 2 rings (SSSR count). The minimum atomic E-state index is -4.66. The molecule has 0 bridgehead atoms. The van der Waals surface area contributed by atoms with Crippen LogP contribution in [0.3, 0.4) is 0 Å². The molecule has 0 saturated heterocycles. The molecule has 0 heterocycles. The third-order valence-corrected chi connectivity index (χ3v) is 3.87. The number of hydrogen-bond donors (Lipinski definition) is 5. The van der Waals surface area contributed by atoms with Crippen molar-refractivity contribution in [3.8, 4) is 5.75 Å². The molecule has 1 atom stereocenters. The fourth-order valence-corrected chi connectivity index (χ4v) is 2.84. The maximum Gasteiger partial charge on any atom is 0.448 e. The van der Waals surface area contributed by atoms with Crippen molar-refractivity contribution >= 4 is 13.5 Å². The van der Waals surface area contributed by atoms with Gasteiger partial charge >= 0.3 is 7.75 Å². The molecule has 23 heavy (non-hydrogen) atoms. The van der Waals surface area contributed by atoms with E-state index < -0.39 is 13.9 Å². The smallest absolute Gasteiger partial charge is 0.448 e. The van der Waals surface area contributed by atoms with Crippen LogP contribution in [0.5, 0.6) is 5.75 Å². The molecule has 0 fully saturated rings. The molecule has 0 aliphatic heterocycles. The Morgan fingerprint density at radius 2 is 1.96 bits per heavy atom. The minimum Gasteiger partial charge on any atom is -0.512 e. The summed E-state index contributed by atoms with van der Waals surface area (Å²) in [6.07, 6.45) is 2.38.